The maximum atomic E-state index is 11.7. The van der Waals surface area contributed by atoms with Gasteiger partial charge in [0.2, 0.25) is 0 Å². The van der Waals surface area contributed by atoms with Crippen molar-refractivity contribution in [2.75, 3.05) is 13.2 Å². The van der Waals surface area contributed by atoms with Crippen molar-refractivity contribution in [2.24, 2.45) is 0 Å². The molecule has 1 unspecified atom stereocenters. The first-order valence-electron chi connectivity index (χ1n) is 6.57. The highest BCUT2D eigenvalue weighted by Gasteiger charge is 2.17. The Morgan fingerprint density at radius 3 is 2.89 bits per heavy atom. The summed E-state index contributed by atoms with van der Waals surface area (Å²) in [5.74, 6) is -0.152. The van der Waals surface area contributed by atoms with Crippen LogP contribution in [-0.2, 0) is 16.0 Å². The maximum Gasteiger partial charge on any atom is 0.323 e. The number of rotatable bonds is 8. The molecule has 1 aromatic rings. The number of hydrogen-bond donors (Lipinski definition) is 1. The number of nitrogens with one attached hydrogen (secondary N) is 1. The van der Waals surface area contributed by atoms with Crippen molar-refractivity contribution in [3.05, 3.63) is 30.1 Å². The number of ether oxygens (including phenoxy) is 1. The molecule has 1 aromatic heterocycles. The van der Waals surface area contributed by atoms with Crippen molar-refractivity contribution in [1.82, 2.24) is 10.3 Å². The zero-order valence-corrected chi connectivity index (χ0v) is 11.2. The van der Waals surface area contributed by atoms with Crippen LogP contribution in [0.25, 0.3) is 0 Å². The summed E-state index contributed by atoms with van der Waals surface area (Å²) < 4.78 is 5.04. The fourth-order valence-electron chi connectivity index (χ4n) is 1.76. The minimum Gasteiger partial charge on any atom is -0.465 e. The molecule has 0 amide bonds. The average molecular weight is 250 g/mol. The molecule has 0 radical (unpaired) electrons. The third-order valence-corrected chi connectivity index (χ3v) is 2.65. The van der Waals surface area contributed by atoms with Crippen LogP contribution in [0.2, 0.25) is 0 Å². The van der Waals surface area contributed by atoms with Crippen molar-refractivity contribution in [3.8, 4) is 0 Å². The molecule has 0 aliphatic rings. The molecular weight excluding hydrogens is 228 g/mol. The van der Waals surface area contributed by atoms with Gasteiger partial charge in [-0.3, -0.25) is 9.78 Å². The molecule has 1 N–H and O–H groups in total. The van der Waals surface area contributed by atoms with E-state index in [2.05, 4.69) is 17.2 Å². The Bertz CT molecular complexity index is 341. The van der Waals surface area contributed by atoms with Gasteiger partial charge >= 0.3 is 5.97 Å². The van der Waals surface area contributed by atoms with Gasteiger partial charge in [-0.2, -0.15) is 0 Å². The van der Waals surface area contributed by atoms with Gasteiger partial charge in [0.05, 0.1) is 6.61 Å². The third kappa shape index (κ3) is 5.27. The second-order valence-corrected chi connectivity index (χ2v) is 4.12. The van der Waals surface area contributed by atoms with Gasteiger partial charge in [0.1, 0.15) is 6.04 Å². The predicted octanol–water partition coefficient (Wildman–Crippen LogP) is 1.95. The average Bonchev–Trinajstić information content (AvgIpc) is 2.39. The lowest BCUT2D eigenvalue weighted by atomic mass is 10.1. The van der Waals surface area contributed by atoms with Gasteiger partial charge in [0.25, 0.3) is 0 Å². The van der Waals surface area contributed by atoms with Gasteiger partial charge in [-0.25, -0.2) is 0 Å². The van der Waals surface area contributed by atoms with Crippen LogP contribution in [0, 0.1) is 0 Å². The van der Waals surface area contributed by atoms with Crippen molar-refractivity contribution in [1.29, 1.82) is 0 Å². The van der Waals surface area contributed by atoms with E-state index in [4.69, 9.17) is 4.74 Å². The Hall–Kier alpha value is -1.42. The van der Waals surface area contributed by atoms with Crippen molar-refractivity contribution in [2.45, 2.75) is 39.2 Å². The molecule has 0 saturated carbocycles. The lowest BCUT2D eigenvalue weighted by molar-refractivity contribution is -0.145. The molecule has 1 rings (SSSR count). The minimum absolute atomic E-state index is 0.152. The Kier molecular flexibility index (Phi) is 7.03. The van der Waals surface area contributed by atoms with E-state index in [1.807, 2.05) is 25.1 Å². The number of aromatic nitrogens is 1. The fourth-order valence-corrected chi connectivity index (χ4v) is 1.76. The second-order valence-electron chi connectivity index (χ2n) is 4.12. The van der Waals surface area contributed by atoms with Crippen LogP contribution < -0.4 is 5.32 Å². The van der Waals surface area contributed by atoms with E-state index >= 15 is 0 Å². The summed E-state index contributed by atoms with van der Waals surface area (Å²) in [5, 5.41) is 3.24. The molecule has 4 heteroatoms. The number of hydrogen-bond acceptors (Lipinski definition) is 4. The molecule has 18 heavy (non-hydrogen) atoms. The lowest BCUT2D eigenvalue weighted by Crippen LogP contribution is -2.39. The number of esters is 1. The minimum atomic E-state index is -0.196. The van der Waals surface area contributed by atoms with Crippen molar-refractivity contribution < 1.29 is 9.53 Å². The fraction of sp³-hybridized carbons (Fsp3) is 0.571. The van der Waals surface area contributed by atoms with Crippen LogP contribution in [0.5, 0.6) is 0 Å². The van der Waals surface area contributed by atoms with E-state index in [1.165, 1.54) is 0 Å². The van der Waals surface area contributed by atoms with E-state index < -0.39 is 0 Å². The van der Waals surface area contributed by atoms with Gasteiger partial charge in [0.15, 0.2) is 0 Å². The molecule has 0 aliphatic carbocycles. The topological polar surface area (TPSA) is 51.2 Å². The summed E-state index contributed by atoms with van der Waals surface area (Å²) in [4.78, 5) is 15.9. The van der Waals surface area contributed by atoms with E-state index in [-0.39, 0.29) is 12.0 Å². The molecule has 0 fully saturated rings. The smallest absolute Gasteiger partial charge is 0.323 e. The van der Waals surface area contributed by atoms with Crippen molar-refractivity contribution in [3.63, 3.8) is 0 Å². The van der Waals surface area contributed by atoms with Gasteiger partial charge in [-0.1, -0.05) is 19.4 Å². The van der Waals surface area contributed by atoms with Gasteiger partial charge in [-0.05, 0) is 25.5 Å². The zero-order chi connectivity index (χ0) is 13.2. The first-order valence-corrected chi connectivity index (χ1v) is 6.57. The number of carbonyl (C=O) groups excluding carboxylic acids is 1. The Labute approximate surface area is 109 Å². The van der Waals surface area contributed by atoms with Gasteiger partial charge in [-0.15, -0.1) is 0 Å². The molecule has 4 nitrogen and oxygen atoms in total. The molecule has 0 aromatic carbocycles. The Morgan fingerprint density at radius 2 is 2.28 bits per heavy atom. The summed E-state index contributed by atoms with van der Waals surface area (Å²) in [6.07, 6.45) is 4.37. The van der Waals surface area contributed by atoms with E-state index in [0.29, 0.717) is 6.61 Å². The summed E-state index contributed by atoms with van der Waals surface area (Å²) in [6, 6.07) is 5.66. The lowest BCUT2D eigenvalue weighted by Gasteiger charge is -2.16. The first-order chi connectivity index (χ1) is 8.77. The van der Waals surface area contributed by atoms with Crippen LogP contribution in [0.1, 0.15) is 32.4 Å². The largest absolute Gasteiger partial charge is 0.465 e. The van der Waals surface area contributed by atoms with Crippen LogP contribution in [-0.4, -0.2) is 30.1 Å². The molecule has 1 heterocycles. The predicted molar refractivity (Wildman–Crippen MR) is 71.3 cm³/mol. The third-order valence-electron chi connectivity index (χ3n) is 2.65. The maximum absolute atomic E-state index is 11.7. The van der Waals surface area contributed by atoms with Crippen molar-refractivity contribution >= 4 is 5.97 Å². The van der Waals surface area contributed by atoms with Crippen LogP contribution in [0.3, 0.4) is 0 Å². The molecular formula is C14H22N2O2. The van der Waals surface area contributed by atoms with Crippen LogP contribution >= 0.6 is 0 Å². The second kappa shape index (κ2) is 8.64. The monoisotopic (exact) mass is 250 g/mol. The van der Waals surface area contributed by atoms with Gasteiger partial charge in [0, 0.05) is 24.9 Å². The molecule has 1 atom stereocenters. The summed E-state index contributed by atoms with van der Waals surface area (Å²) >= 11 is 0. The highest BCUT2D eigenvalue weighted by Crippen LogP contribution is 2.01. The quantitative estimate of drug-likeness (QED) is 0.716. The summed E-state index contributed by atoms with van der Waals surface area (Å²) in [6.45, 7) is 5.06. The number of nitrogens with zero attached hydrogens (tertiary/aromatic N) is 1. The molecule has 0 saturated heterocycles. The highest BCUT2D eigenvalue weighted by molar-refractivity contribution is 5.75. The van der Waals surface area contributed by atoms with E-state index in [0.717, 1.165) is 31.5 Å². The Balaban J connectivity index is 2.35. The standard InChI is InChI=1S/C14H22N2O2/c1-3-7-13(14(17)18-4-2)16-11-9-12-8-5-6-10-15-12/h5-6,8,10,13,16H,3-4,7,9,11H2,1-2H3. The normalized spacial score (nSPS) is 12.1. The SMILES string of the molecule is CCCC(NCCc1ccccn1)C(=O)OCC. The summed E-state index contributed by atoms with van der Waals surface area (Å²) in [5.41, 5.74) is 1.03. The van der Waals surface area contributed by atoms with Crippen LogP contribution in [0.4, 0.5) is 0 Å². The van der Waals surface area contributed by atoms with E-state index in [1.54, 1.807) is 6.20 Å². The number of pyridine rings is 1. The zero-order valence-electron chi connectivity index (χ0n) is 11.2. The molecule has 0 aliphatic heterocycles. The van der Waals surface area contributed by atoms with E-state index in [9.17, 15) is 4.79 Å². The molecule has 0 spiro atoms. The highest BCUT2D eigenvalue weighted by atomic mass is 16.5. The molecule has 100 valence electrons. The van der Waals surface area contributed by atoms with Gasteiger partial charge < -0.3 is 10.1 Å². The summed E-state index contributed by atoms with van der Waals surface area (Å²) in [7, 11) is 0. The number of carbonyl (C=O) groups is 1. The Morgan fingerprint density at radius 1 is 1.44 bits per heavy atom. The first kappa shape index (κ1) is 14.6. The van der Waals surface area contributed by atoms with Crippen LogP contribution in [0.15, 0.2) is 24.4 Å². The molecule has 0 bridgehead atoms.